The van der Waals surface area contributed by atoms with E-state index in [0.29, 0.717) is 19.0 Å². The Balaban J connectivity index is 1.85. The Labute approximate surface area is 137 Å². The van der Waals surface area contributed by atoms with Crippen molar-refractivity contribution >= 4 is 16.8 Å². The summed E-state index contributed by atoms with van der Waals surface area (Å²) < 4.78 is 2.11. The normalized spacial score (nSPS) is 18.9. The number of rotatable bonds is 3. The molecule has 3 N–H and O–H groups in total. The first-order valence-electron chi connectivity index (χ1n) is 8.93. The molecule has 0 saturated heterocycles. The zero-order valence-electron chi connectivity index (χ0n) is 13.6. The van der Waals surface area contributed by atoms with Crippen LogP contribution in [0.5, 0.6) is 0 Å². The molecule has 1 fully saturated rings. The lowest BCUT2D eigenvalue weighted by atomic mass is 9.83. The number of fused-ring (bicyclic) bond motifs is 3. The molecule has 2 aliphatic rings. The van der Waals surface area contributed by atoms with Crippen molar-refractivity contribution in [2.45, 2.75) is 51.0 Å². The van der Waals surface area contributed by atoms with Crippen LogP contribution in [0.2, 0.25) is 0 Å². The fourth-order valence-corrected chi connectivity index (χ4v) is 4.39. The van der Waals surface area contributed by atoms with Crippen LogP contribution in [-0.2, 0) is 13.0 Å². The minimum absolute atomic E-state index is 0.0510. The molecule has 2 heterocycles. The van der Waals surface area contributed by atoms with Gasteiger partial charge in [-0.1, -0.05) is 25.3 Å². The van der Waals surface area contributed by atoms with Gasteiger partial charge in [0, 0.05) is 30.5 Å². The van der Waals surface area contributed by atoms with Gasteiger partial charge in [-0.3, -0.25) is 4.79 Å². The molecule has 4 rings (SSSR count). The molecule has 1 amide bonds. The summed E-state index contributed by atoms with van der Waals surface area (Å²) in [5.74, 6) is 0.745. The molecule has 0 unspecified atom stereocenters. The van der Waals surface area contributed by atoms with Crippen LogP contribution in [0.4, 0.5) is 0 Å². The van der Waals surface area contributed by atoms with Crippen LogP contribution in [0.1, 0.15) is 59.6 Å². The van der Waals surface area contributed by atoms with E-state index in [4.69, 9.17) is 5.73 Å². The van der Waals surface area contributed by atoms with Gasteiger partial charge in [-0.2, -0.15) is 0 Å². The second kappa shape index (κ2) is 6.00. The van der Waals surface area contributed by atoms with Crippen molar-refractivity contribution < 1.29 is 4.79 Å². The van der Waals surface area contributed by atoms with Crippen molar-refractivity contribution in [1.82, 2.24) is 9.88 Å². The maximum Gasteiger partial charge on any atom is 0.268 e. The number of hydrogen-bond acceptors (Lipinski definition) is 2. The highest BCUT2D eigenvalue weighted by Crippen LogP contribution is 2.36. The molecular weight excluding hydrogens is 286 g/mol. The van der Waals surface area contributed by atoms with Crippen LogP contribution in [0.3, 0.4) is 0 Å². The summed E-state index contributed by atoms with van der Waals surface area (Å²) in [7, 11) is 0. The van der Waals surface area contributed by atoms with Crippen molar-refractivity contribution in [2.24, 2.45) is 5.73 Å². The molecule has 1 aromatic carbocycles. The van der Waals surface area contributed by atoms with Gasteiger partial charge < -0.3 is 15.6 Å². The fraction of sp³-hybridized carbons (Fsp3) is 0.526. The average molecular weight is 311 g/mol. The quantitative estimate of drug-likeness (QED) is 0.915. The Kier molecular flexibility index (Phi) is 3.85. The molecule has 1 saturated carbocycles. The van der Waals surface area contributed by atoms with E-state index < -0.39 is 0 Å². The topological polar surface area (TPSA) is 60.0 Å². The second-order valence-corrected chi connectivity index (χ2v) is 6.88. The molecule has 23 heavy (non-hydrogen) atoms. The zero-order valence-corrected chi connectivity index (χ0v) is 13.6. The number of benzene rings is 1. The highest BCUT2D eigenvalue weighted by atomic mass is 16.2. The van der Waals surface area contributed by atoms with Crippen LogP contribution in [0.15, 0.2) is 18.2 Å². The fourth-order valence-electron chi connectivity index (χ4n) is 4.39. The van der Waals surface area contributed by atoms with Gasteiger partial charge in [-0.25, -0.2) is 0 Å². The van der Waals surface area contributed by atoms with Crippen molar-refractivity contribution in [3.8, 4) is 0 Å². The molecule has 1 aliphatic carbocycles. The first-order valence-corrected chi connectivity index (χ1v) is 8.93. The lowest BCUT2D eigenvalue weighted by molar-refractivity contribution is 0.0937. The molecule has 4 heteroatoms. The highest BCUT2D eigenvalue weighted by molar-refractivity contribution is 6.03. The minimum Gasteiger partial charge on any atom is -0.350 e. The van der Waals surface area contributed by atoms with Crippen molar-refractivity contribution in [3.05, 3.63) is 35.0 Å². The van der Waals surface area contributed by atoms with E-state index in [-0.39, 0.29) is 5.91 Å². The van der Waals surface area contributed by atoms with Gasteiger partial charge in [0.25, 0.3) is 5.91 Å². The third kappa shape index (κ3) is 2.45. The van der Waals surface area contributed by atoms with Crippen LogP contribution >= 0.6 is 0 Å². The Morgan fingerprint density at radius 1 is 1.22 bits per heavy atom. The number of carbonyl (C=O) groups is 1. The summed E-state index contributed by atoms with van der Waals surface area (Å²) in [5.41, 5.74) is 10.5. The molecule has 0 bridgehead atoms. The van der Waals surface area contributed by atoms with Gasteiger partial charge in [0.15, 0.2) is 0 Å². The third-order valence-electron chi connectivity index (χ3n) is 5.50. The van der Waals surface area contributed by atoms with E-state index >= 15 is 0 Å². The molecule has 1 aliphatic heterocycles. The lowest BCUT2D eigenvalue weighted by Gasteiger charge is -2.22. The van der Waals surface area contributed by atoms with Gasteiger partial charge in [-0.15, -0.1) is 0 Å². The van der Waals surface area contributed by atoms with Gasteiger partial charge in [-0.05, 0) is 48.4 Å². The first-order chi connectivity index (χ1) is 11.3. The number of nitrogens with one attached hydrogen (secondary N) is 1. The number of amides is 1. The standard InChI is InChI=1S/C19H25N3O/c20-9-11-22-17-7-6-14(13-4-2-1-3-5-13)12-16(17)15-8-10-21-19(23)18(15)22/h6-7,12-13H,1-5,8-11,20H2,(H,21,23). The van der Waals surface area contributed by atoms with Crippen LogP contribution in [0, 0.1) is 0 Å². The number of hydrogen-bond donors (Lipinski definition) is 2. The Morgan fingerprint density at radius 3 is 2.83 bits per heavy atom. The number of carbonyl (C=O) groups excluding carboxylic acids is 1. The summed E-state index contributed by atoms with van der Waals surface area (Å²) in [5, 5.41) is 4.25. The monoisotopic (exact) mass is 311 g/mol. The third-order valence-corrected chi connectivity index (χ3v) is 5.50. The first kappa shape index (κ1) is 14.8. The van der Waals surface area contributed by atoms with Crippen molar-refractivity contribution in [3.63, 3.8) is 0 Å². The minimum atomic E-state index is 0.0510. The highest BCUT2D eigenvalue weighted by Gasteiger charge is 2.26. The maximum atomic E-state index is 12.4. The van der Waals surface area contributed by atoms with E-state index in [1.165, 1.54) is 48.6 Å². The molecular formula is C19H25N3O. The Morgan fingerprint density at radius 2 is 2.04 bits per heavy atom. The van der Waals surface area contributed by atoms with Gasteiger partial charge in [0.1, 0.15) is 5.69 Å². The molecule has 2 aromatic rings. The van der Waals surface area contributed by atoms with Gasteiger partial charge in [0.05, 0.1) is 0 Å². The average Bonchev–Trinajstić information content (AvgIpc) is 2.91. The zero-order chi connectivity index (χ0) is 15.8. The smallest absolute Gasteiger partial charge is 0.268 e. The lowest BCUT2D eigenvalue weighted by Crippen LogP contribution is -2.33. The second-order valence-electron chi connectivity index (χ2n) is 6.88. The summed E-state index contributed by atoms with van der Waals surface area (Å²) in [6.07, 6.45) is 7.59. The van der Waals surface area contributed by atoms with Crippen molar-refractivity contribution in [1.29, 1.82) is 0 Å². The Hall–Kier alpha value is -1.81. The molecule has 0 atom stereocenters. The van der Waals surface area contributed by atoms with E-state index in [2.05, 4.69) is 28.1 Å². The number of aromatic nitrogens is 1. The maximum absolute atomic E-state index is 12.4. The predicted octanol–water partition coefficient (Wildman–Crippen LogP) is 2.93. The largest absolute Gasteiger partial charge is 0.350 e. The summed E-state index contributed by atoms with van der Waals surface area (Å²) >= 11 is 0. The molecule has 4 nitrogen and oxygen atoms in total. The van der Waals surface area contributed by atoms with Gasteiger partial charge >= 0.3 is 0 Å². The molecule has 122 valence electrons. The molecule has 0 spiro atoms. The van der Waals surface area contributed by atoms with Crippen LogP contribution in [-0.4, -0.2) is 23.6 Å². The van der Waals surface area contributed by atoms with Gasteiger partial charge in [0.2, 0.25) is 0 Å². The summed E-state index contributed by atoms with van der Waals surface area (Å²) in [6.45, 7) is 1.98. The predicted molar refractivity (Wildman–Crippen MR) is 92.9 cm³/mol. The van der Waals surface area contributed by atoms with E-state index in [9.17, 15) is 4.79 Å². The number of nitrogens with zero attached hydrogens (tertiary/aromatic N) is 1. The summed E-state index contributed by atoms with van der Waals surface area (Å²) in [4.78, 5) is 12.4. The van der Waals surface area contributed by atoms with Crippen LogP contribution < -0.4 is 11.1 Å². The summed E-state index contributed by atoms with van der Waals surface area (Å²) in [6, 6.07) is 6.84. The number of nitrogens with two attached hydrogens (primary N) is 1. The molecule has 0 radical (unpaired) electrons. The Bertz CT molecular complexity index is 741. The van der Waals surface area contributed by atoms with E-state index in [1.807, 2.05) is 0 Å². The van der Waals surface area contributed by atoms with Crippen molar-refractivity contribution in [2.75, 3.05) is 13.1 Å². The van der Waals surface area contributed by atoms with Crippen LogP contribution in [0.25, 0.3) is 10.9 Å². The molecule has 1 aromatic heterocycles. The van der Waals surface area contributed by atoms with E-state index in [1.54, 1.807) is 0 Å². The van der Waals surface area contributed by atoms with E-state index in [0.717, 1.165) is 24.2 Å². The SMILES string of the molecule is NCCn1c2c(c3cc(C4CCCCC4)ccc31)CCNC2=O.